The summed E-state index contributed by atoms with van der Waals surface area (Å²) in [6, 6.07) is 5.58. The predicted molar refractivity (Wildman–Crippen MR) is 78.5 cm³/mol. The molecule has 2 rings (SSSR count). The molecule has 1 aliphatic rings. The van der Waals surface area contributed by atoms with Gasteiger partial charge in [0.05, 0.1) is 10.8 Å². The lowest BCUT2D eigenvalue weighted by atomic mass is 9.98. The van der Waals surface area contributed by atoms with Crippen molar-refractivity contribution >= 4 is 10.0 Å². The largest absolute Gasteiger partial charge is 0.492 e. The van der Waals surface area contributed by atoms with Crippen LogP contribution in [0.1, 0.15) is 12.8 Å². The molecule has 130 valence electrons. The highest BCUT2D eigenvalue weighted by atomic mass is 32.2. The summed E-state index contributed by atoms with van der Waals surface area (Å²) in [5.41, 5.74) is 0. The van der Waals surface area contributed by atoms with E-state index in [0.717, 1.165) is 0 Å². The van der Waals surface area contributed by atoms with Gasteiger partial charge in [-0.2, -0.15) is 13.2 Å². The van der Waals surface area contributed by atoms with Gasteiger partial charge in [0.2, 0.25) is 10.0 Å². The molecule has 0 spiro atoms. The minimum Gasteiger partial charge on any atom is -0.492 e. The summed E-state index contributed by atoms with van der Waals surface area (Å²) in [6.07, 6.45) is -3.45. The summed E-state index contributed by atoms with van der Waals surface area (Å²) in [5.74, 6) is -0.827. The fraction of sp³-hybridized carbons (Fsp3) is 0.571. The van der Waals surface area contributed by atoms with Gasteiger partial charge in [0.25, 0.3) is 0 Å². The first kappa shape index (κ1) is 18.0. The van der Waals surface area contributed by atoms with E-state index in [9.17, 15) is 21.6 Å². The van der Waals surface area contributed by atoms with Crippen molar-refractivity contribution in [2.75, 3.05) is 26.2 Å². The number of sulfonamides is 1. The Kier molecular flexibility index (Phi) is 5.53. The Hall–Kier alpha value is -1.32. The molecule has 1 fully saturated rings. The number of primary sulfonamides is 1. The number of hydrogen-bond acceptors (Lipinski definition) is 4. The van der Waals surface area contributed by atoms with E-state index in [0.29, 0.717) is 25.3 Å². The summed E-state index contributed by atoms with van der Waals surface area (Å²) in [4.78, 5) is 1.72. The lowest BCUT2D eigenvalue weighted by molar-refractivity contribution is -0.186. The van der Waals surface area contributed by atoms with Gasteiger partial charge in [-0.05, 0) is 43.7 Å². The number of benzene rings is 1. The van der Waals surface area contributed by atoms with Crippen molar-refractivity contribution in [1.82, 2.24) is 4.90 Å². The monoisotopic (exact) mass is 352 g/mol. The number of nitrogens with zero attached hydrogens (tertiary/aromatic N) is 1. The van der Waals surface area contributed by atoms with Crippen LogP contribution in [0.2, 0.25) is 0 Å². The van der Waals surface area contributed by atoms with E-state index in [2.05, 4.69) is 0 Å². The van der Waals surface area contributed by atoms with Crippen LogP contribution in [0.15, 0.2) is 29.2 Å². The van der Waals surface area contributed by atoms with Crippen molar-refractivity contribution < 1.29 is 26.3 Å². The molecule has 1 atom stereocenters. The minimum atomic E-state index is -4.15. The van der Waals surface area contributed by atoms with Crippen LogP contribution in [-0.2, 0) is 10.0 Å². The van der Waals surface area contributed by atoms with Gasteiger partial charge in [-0.15, -0.1) is 0 Å². The fourth-order valence-corrected chi connectivity index (χ4v) is 3.06. The Bertz CT molecular complexity index is 617. The van der Waals surface area contributed by atoms with Crippen LogP contribution in [0.3, 0.4) is 0 Å². The lowest BCUT2D eigenvalue weighted by Crippen LogP contribution is -2.43. The van der Waals surface area contributed by atoms with Crippen molar-refractivity contribution in [3.05, 3.63) is 24.3 Å². The highest BCUT2D eigenvalue weighted by Crippen LogP contribution is 2.32. The summed E-state index contributed by atoms with van der Waals surface area (Å²) >= 11 is 0. The number of rotatable bonds is 5. The van der Waals surface area contributed by atoms with Gasteiger partial charge in [0.1, 0.15) is 12.4 Å². The minimum absolute atomic E-state index is 0.00276. The molecule has 0 amide bonds. The van der Waals surface area contributed by atoms with Crippen LogP contribution in [0.5, 0.6) is 5.75 Å². The molecule has 0 saturated carbocycles. The maximum Gasteiger partial charge on any atom is 0.393 e. The van der Waals surface area contributed by atoms with E-state index in [1.807, 2.05) is 0 Å². The van der Waals surface area contributed by atoms with Crippen LogP contribution < -0.4 is 9.88 Å². The second kappa shape index (κ2) is 7.06. The van der Waals surface area contributed by atoms with Crippen molar-refractivity contribution in [1.29, 1.82) is 0 Å². The zero-order chi connectivity index (χ0) is 17.1. The van der Waals surface area contributed by atoms with E-state index in [4.69, 9.17) is 9.88 Å². The second-order valence-corrected chi connectivity index (χ2v) is 7.11. The van der Waals surface area contributed by atoms with Crippen molar-refractivity contribution in [2.24, 2.45) is 11.1 Å². The number of likely N-dealkylation sites (tertiary alicyclic amines) is 1. The van der Waals surface area contributed by atoms with Gasteiger partial charge in [-0.1, -0.05) is 0 Å². The Morgan fingerprint density at radius 3 is 2.48 bits per heavy atom. The molecule has 5 nitrogen and oxygen atoms in total. The van der Waals surface area contributed by atoms with Crippen molar-refractivity contribution in [3.63, 3.8) is 0 Å². The third-order valence-corrected chi connectivity index (χ3v) is 4.73. The van der Waals surface area contributed by atoms with Crippen LogP contribution in [0.25, 0.3) is 0 Å². The number of hydrogen-bond donors (Lipinski definition) is 1. The molecule has 0 bridgehead atoms. The predicted octanol–water partition coefficient (Wildman–Crippen LogP) is 1.99. The number of nitrogens with two attached hydrogens (primary N) is 1. The molecule has 1 aliphatic heterocycles. The summed E-state index contributed by atoms with van der Waals surface area (Å²) < 4.78 is 65.8. The van der Waals surface area contributed by atoms with Crippen LogP contribution in [-0.4, -0.2) is 45.7 Å². The first-order valence-corrected chi connectivity index (χ1v) is 8.75. The molecule has 23 heavy (non-hydrogen) atoms. The average molecular weight is 352 g/mol. The molecular weight excluding hydrogens is 333 g/mol. The highest BCUT2D eigenvalue weighted by molar-refractivity contribution is 7.89. The summed E-state index contributed by atoms with van der Waals surface area (Å²) in [5, 5.41) is 4.99. The molecule has 1 aromatic carbocycles. The van der Waals surface area contributed by atoms with Crippen LogP contribution in [0, 0.1) is 5.92 Å². The van der Waals surface area contributed by atoms with Crippen molar-refractivity contribution in [3.8, 4) is 5.75 Å². The van der Waals surface area contributed by atoms with Gasteiger partial charge in [-0.25, -0.2) is 13.6 Å². The summed E-state index contributed by atoms with van der Waals surface area (Å²) in [7, 11) is -3.75. The second-order valence-electron chi connectivity index (χ2n) is 5.55. The Morgan fingerprint density at radius 2 is 1.91 bits per heavy atom. The molecule has 1 heterocycles. The molecule has 0 radical (unpaired) electrons. The molecule has 9 heteroatoms. The number of halogens is 3. The van der Waals surface area contributed by atoms with E-state index < -0.39 is 22.1 Å². The van der Waals surface area contributed by atoms with Gasteiger partial charge in [0.15, 0.2) is 0 Å². The standard InChI is InChI=1S/C14H19F3N2O3S/c15-14(16,17)11-2-1-7-19(10-11)8-9-22-12-3-5-13(6-4-12)23(18,20)21/h3-6,11H,1-2,7-10H2,(H2,18,20,21)/t11-/m0/s1. The molecular formula is C14H19F3N2O3S. The lowest BCUT2D eigenvalue weighted by Gasteiger charge is -2.33. The summed E-state index contributed by atoms with van der Waals surface area (Å²) in [6.45, 7) is 1.25. The molecule has 0 aliphatic carbocycles. The average Bonchev–Trinajstić information content (AvgIpc) is 2.46. The van der Waals surface area contributed by atoms with Gasteiger partial charge >= 0.3 is 6.18 Å². The third-order valence-electron chi connectivity index (χ3n) is 3.80. The molecule has 0 unspecified atom stereocenters. The third kappa shape index (κ3) is 5.36. The smallest absolute Gasteiger partial charge is 0.393 e. The van der Waals surface area contributed by atoms with Gasteiger partial charge in [0, 0.05) is 13.1 Å². The normalized spacial score (nSPS) is 20.4. The van der Waals surface area contributed by atoms with Gasteiger partial charge in [-0.3, -0.25) is 4.90 Å². The topological polar surface area (TPSA) is 72.6 Å². The molecule has 2 N–H and O–H groups in total. The van der Waals surface area contributed by atoms with E-state index in [1.165, 1.54) is 24.3 Å². The molecule has 1 aromatic rings. The maximum atomic E-state index is 12.7. The zero-order valence-corrected chi connectivity index (χ0v) is 13.2. The van der Waals surface area contributed by atoms with Crippen molar-refractivity contribution in [2.45, 2.75) is 23.9 Å². The Balaban J connectivity index is 1.81. The zero-order valence-electron chi connectivity index (χ0n) is 12.4. The quantitative estimate of drug-likeness (QED) is 0.880. The SMILES string of the molecule is NS(=O)(=O)c1ccc(OCCN2CCC[C@H](C(F)(F)F)C2)cc1. The first-order valence-electron chi connectivity index (χ1n) is 7.21. The molecule has 1 saturated heterocycles. The molecule has 0 aromatic heterocycles. The number of ether oxygens (including phenoxy) is 1. The maximum absolute atomic E-state index is 12.7. The first-order chi connectivity index (χ1) is 10.7. The highest BCUT2D eigenvalue weighted by Gasteiger charge is 2.41. The fourth-order valence-electron chi connectivity index (χ4n) is 2.54. The Labute approximate surface area is 133 Å². The number of piperidine rings is 1. The number of alkyl halides is 3. The van der Waals surface area contributed by atoms with E-state index in [1.54, 1.807) is 4.90 Å². The van der Waals surface area contributed by atoms with Gasteiger partial charge < -0.3 is 4.74 Å². The Morgan fingerprint density at radius 1 is 1.26 bits per heavy atom. The van der Waals surface area contributed by atoms with E-state index in [-0.39, 0.29) is 24.5 Å². The van der Waals surface area contributed by atoms with E-state index >= 15 is 0 Å². The van der Waals surface area contributed by atoms with Crippen LogP contribution in [0.4, 0.5) is 13.2 Å². The van der Waals surface area contributed by atoms with Crippen LogP contribution >= 0.6 is 0 Å².